The molecule has 3 aliphatic rings. The van der Waals surface area contributed by atoms with Gasteiger partial charge in [0.1, 0.15) is 18.1 Å². The zero-order valence-electron chi connectivity index (χ0n) is 40.6. The van der Waals surface area contributed by atoms with Crippen molar-refractivity contribution in [1.29, 1.82) is 0 Å². The Labute approximate surface area is 394 Å². The predicted molar refractivity (Wildman–Crippen MR) is 258 cm³/mol. The van der Waals surface area contributed by atoms with Gasteiger partial charge in [0, 0.05) is 74.8 Å². The van der Waals surface area contributed by atoms with Crippen LogP contribution >= 0.6 is 0 Å². The van der Waals surface area contributed by atoms with E-state index in [2.05, 4.69) is 88.5 Å². The zero-order valence-corrected chi connectivity index (χ0v) is 40.6. The van der Waals surface area contributed by atoms with Gasteiger partial charge in [-0.25, -0.2) is 15.4 Å². The first-order valence-electron chi connectivity index (χ1n) is 23.8. The Balaban J connectivity index is 1.24. The topological polar surface area (TPSA) is 169 Å². The fourth-order valence-corrected chi connectivity index (χ4v) is 9.80. The molecule has 1 saturated carbocycles. The minimum Gasteiger partial charge on any atom is -0.464 e. The second-order valence-corrected chi connectivity index (χ2v) is 19.4. The predicted octanol–water partition coefficient (Wildman–Crippen LogP) is 6.83. The van der Waals surface area contributed by atoms with Crippen LogP contribution in [0.3, 0.4) is 0 Å². The Morgan fingerprint density at radius 2 is 1.85 bits per heavy atom. The van der Waals surface area contributed by atoms with Crippen molar-refractivity contribution >= 4 is 40.6 Å². The molecule has 1 aliphatic carbocycles. The van der Waals surface area contributed by atoms with Gasteiger partial charge >= 0.3 is 5.97 Å². The number of methoxy groups -OCH3 is 2. The molecule has 15 nitrogen and oxygen atoms in total. The van der Waals surface area contributed by atoms with Crippen molar-refractivity contribution in [3.05, 3.63) is 77.6 Å². The summed E-state index contributed by atoms with van der Waals surface area (Å²) in [6.45, 7) is 14.3. The summed E-state index contributed by atoms with van der Waals surface area (Å²) in [5, 5.41) is 5.63. The van der Waals surface area contributed by atoms with Crippen molar-refractivity contribution in [2.24, 2.45) is 27.2 Å². The average Bonchev–Trinajstić information content (AvgIpc) is 3.61. The fraction of sp³-hybridized carbons (Fsp3) is 0.538. The van der Waals surface area contributed by atoms with E-state index in [9.17, 15) is 19.2 Å². The van der Waals surface area contributed by atoms with Gasteiger partial charge in [-0.15, -0.1) is 0 Å². The van der Waals surface area contributed by atoms with Crippen molar-refractivity contribution in [2.45, 2.75) is 117 Å². The number of carbonyl (C=O) groups is 4. The molecule has 6 bridgehead atoms. The number of aryl methyl sites for hydroxylation is 1. The second-order valence-electron chi connectivity index (χ2n) is 19.4. The third-order valence-electron chi connectivity index (χ3n) is 13.5. The maximum atomic E-state index is 14.7. The number of likely N-dealkylation sites (N-methyl/N-ethyl adjacent to an activating group) is 1. The van der Waals surface area contributed by atoms with Crippen molar-refractivity contribution < 1.29 is 33.4 Å². The van der Waals surface area contributed by atoms with Gasteiger partial charge in [-0.2, -0.15) is 0 Å². The molecular formula is C52H68N8O7. The highest BCUT2D eigenvalue weighted by molar-refractivity contribution is 5.96. The van der Waals surface area contributed by atoms with Crippen LogP contribution in [-0.2, 0) is 52.8 Å². The summed E-state index contributed by atoms with van der Waals surface area (Å²) >= 11 is 0. The summed E-state index contributed by atoms with van der Waals surface area (Å²) in [6.07, 6.45) is 4.44. The molecule has 4 heterocycles. The number of fused-ring (bicyclic) bond motifs is 6. The van der Waals surface area contributed by atoms with Crippen LogP contribution in [0.1, 0.15) is 90.2 Å². The number of amides is 3. The van der Waals surface area contributed by atoms with E-state index in [0.717, 1.165) is 50.1 Å². The van der Waals surface area contributed by atoms with E-state index in [1.807, 2.05) is 39.0 Å². The molecule has 3 amide bonds. The summed E-state index contributed by atoms with van der Waals surface area (Å²) in [7, 11) is 4.96. The van der Waals surface area contributed by atoms with Crippen LogP contribution in [0.5, 0.6) is 0 Å². The fourth-order valence-electron chi connectivity index (χ4n) is 9.80. The van der Waals surface area contributed by atoms with Crippen LogP contribution in [0.2, 0.25) is 0 Å². The lowest BCUT2D eigenvalue weighted by atomic mass is 9.79. The number of benzene rings is 2. The first kappa shape index (κ1) is 49.2. The van der Waals surface area contributed by atoms with Crippen LogP contribution in [0.15, 0.2) is 70.8 Å². The lowest BCUT2D eigenvalue weighted by Gasteiger charge is -2.39. The van der Waals surface area contributed by atoms with Crippen LogP contribution < -0.4 is 10.7 Å². The van der Waals surface area contributed by atoms with Gasteiger partial charge in [0.15, 0.2) is 0 Å². The van der Waals surface area contributed by atoms with Crippen LogP contribution in [0.25, 0.3) is 33.3 Å². The molecule has 358 valence electrons. The van der Waals surface area contributed by atoms with Crippen molar-refractivity contribution in [1.82, 2.24) is 30.2 Å². The van der Waals surface area contributed by atoms with Crippen molar-refractivity contribution in [2.75, 3.05) is 47.6 Å². The van der Waals surface area contributed by atoms with Crippen LogP contribution in [0, 0.1) is 17.3 Å². The molecule has 4 atom stereocenters. The Hall–Kier alpha value is -5.73. The highest BCUT2D eigenvalue weighted by Gasteiger charge is 2.42. The second kappa shape index (κ2) is 21.5. The number of ether oxygens (including phenoxy) is 3. The number of aliphatic imine (C=N–C) groups is 2. The number of rotatable bonds is 13. The lowest BCUT2D eigenvalue weighted by molar-refractivity contribution is -0.155. The summed E-state index contributed by atoms with van der Waals surface area (Å²) < 4.78 is 19.3. The number of hydrogen-bond acceptors (Lipinski definition) is 11. The van der Waals surface area contributed by atoms with Gasteiger partial charge in [0.25, 0.3) is 5.91 Å². The Morgan fingerprint density at radius 1 is 1.07 bits per heavy atom. The molecule has 4 aromatic rings. The van der Waals surface area contributed by atoms with E-state index < -0.39 is 35.4 Å². The van der Waals surface area contributed by atoms with E-state index in [1.165, 1.54) is 9.91 Å². The highest BCUT2D eigenvalue weighted by Crippen LogP contribution is 2.42. The van der Waals surface area contributed by atoms with E-state index in [0.29, 0.717) is 58.3 Å². The van der Waals surface area contributed by atoms with E-state index >= 15 is 0 Å². The molecule has 0 spiro atoms. The van der Waals surface area contributed by atoms with Crippen LogP contribution in [0.4, 0.5) is 0 Å². The Kier molecular flexibility index (Phi) is 15.8. The number of carbonyl (C=O) groups excluding carboxylic acids is 4. The normalized spacial score (nSPS) is 21.6. The standard InChI is InChI=1S/C52H68N8O7/c1-10-59-44-19-18-36-28-40(44)41(47(59)39-16-12-20-54-45(39)33(4)66-9)29-52(5,6)30-67-51(64)42-17-13-22-60(57-42)50(63)43(25-34-14-11-15-35(36)24-34)56-48(61)46(32(2)3)58(7)49(62)37-26-38(27-37)55-31-53-21-23-65-8/h11-12,14-16,18-20,24,28,32-33,37-38,42-43,46,57H,10,13,17,21-23,25-27,29-30H2,1-9H3,(H,56,61)/t33-,37?,38?,42-,43-,46?/m0/s1. The van der Waals surface area contributed by atoms with Gasteiger partial charge in [-0.3, -0.25) is 29.2 Å². The van der Waals surface area contributed by atoms with E-state index in [1.54, 1.807) is 27.5 Å². The molecule has 2 aromatic heterocycles. The minimum absolute atomic E-state index is 0.0610. The van der Waals surface area contributed by atoms with Gasteiger partial charge < -0.3 is 29.0 Å². The minimum atomic E-state index is -1.02. The van der Waals surface area contributed by atoms with Gasteiger partial charge in [-0.1, -0.05) is 58.0 Å². The summed E-state index contributed by atoms with van der Waals surface area (Å²) in [5.74, 6) is -1.94. The molecule has 2 aliphatic heterocycles. The largest absolute Gasteiger partial charge is 0.464 e. The summed E-state index contributed by atoms with van der Waals surface area (Å²) in [6, 6.07) is 18.7. The number of hydrogen-bond donors (Lipinski definition) is 2. The first-order chi connectivity index (χ1) is 32.1. The smallest absolute Gasteiger partial charge is 0.324 e. The van der Waals surface area contributed by atoms with E-state index in [-0.39, 0.29) is 48.8 Å². The number of aromatic nitrogens is 2. The van der Waals surface area contributed by atoms with Gasteiger partial charge in [0.05, 0.1) is 49.3 Å². The number of hydrazine groups is 1. The van der Waals surface area contributed by atoms with Crippen molar-refractivity contribution in [3.8, 4) is 22.4 Å². The number of pyridine rings is 1. The monoisotopic (exact) mass is 917 g/mol. The average molecular weight is 917 g/mol. The molecular weight excluding hydrogens is 849 g/mol. The Bertz CT molecular complexity index is 2500. The lowest BCUT2D eigenvalue weighted by Crippen LogP contribution is -2.62. The molecule has 2 fully saturated rings. The number of nitrogens with zero attached hydrogens (tertiary/aromatic N) is 6. The van der Waals surface area contributed by atoms with E-state index in [4.69, 9.17) is 19.2 Å². The third kappa shape index (κ3) is 11.0. The molecule has 7 rings (SSSR count). The van der Waals surface area contributed by atoms with Crippen LogP contribution in [-0.4, -0.2) is 121 Å². The maximum absolute atomic E-state index is 14.7. The highest BCUT2D eigenvalue weighted by atomic mass is 16.5. The molecule has 1 unspecified atom stereocenters. The molecule has 2 aromatic carbocycles. The van der Waals surface area contributed by atoms with Gasteiger partial charge in [-0.05, 0) is 98.4 Å². The number of nitrogens with one attached hydrogen (secondary N) is 2. The van der Waals surface area contributed by atoms with Gasteiger partial charge in [0.2, 0.25) is 11.8 Å². The first-order valence-corrected chi connectivity index (χ1v) is 23.8. The molecule has 2 N–H and O–H groups in total. The quantitative estimate of drug-likeness (QED) is 0.0830. The molecule has 67 heavy (non-hydrogen) atoms. The SMILES string of the molecule is CCn1c(-c2cccnc2[C@H](C)OC)c2c3cc(ccc31)-c1cccc(c1)C[C@H](NC(=O)C(C(C)C)N(C)C(=O)C1CC(N=C=NCCOC)C1)C(=O)N1CCC[C@H](N1)C(=O)OCC(C)(C)C2. The molecule has 1 saturated heterocycles. The third-order valence-corrected chi connectivity index (χ3v) is 13.5. The maximum Gasteiger partial charge on any atom is 0.324 e. The number of esters is 1. The summed E-state index contributed by atoms with van der Waals surface area (Å²) in [5.41, 5.74) is 10.6. The zero-order chi connectivity index (χ0) is 48.0. The van der Waals surface area contributed by atoms with Crippen molar-refractivity contribution in [3.63, 3.8) is 0 Å². The molecule has 0 radical (unpaired) electrons. The molecule has 15 heteroatoms. The summed E-state index contributed by atoms with van der Waals surface area (Å²) in [4.78, 5) is 71.8. The number of cyclic esters (lactones) is 1. The Morgan fingerprint density at radius 3 is 2.58 bits per heavy atom.